The minimum Gasteiger partial charge on any atom is -0.395 e. The molecule has 0 heterocycles. The lowest BCUT2D eigenvalue weighted by molar-refractivity contribution is -0.385. The maximum absolute atomic E-state index is 12.1. The third-order valence-electron chi connectivity index (χ3n) is 4.71. The summed E-state index contributed by atoms with van der Waals surface area (Å²) in [6.45, 7) is 7.00. The number of anilines is 1. The Balaban J connectivity index is 2.56. The molecule has 0 unspecified atom stereocenters. The largest absolute Gasteiger partial charge is 0.395 e. The van der Waals surface area contributed by atoms with Crippen LogP contribution in [0.25, 0.3) is 0 Å². The summed E-state index contributed by atoms with van der Waals surface area (Å²) < 4.78 is 24.3. The number of azo groups is 1. The molecule has 0 spiro atoms. The van der Waals surface area contributed by atoms with Crippen LogP contribution in [-0.4, -0.2) is 64.2 Å². The normalized spacial score (nSPS) is 12.3. The van der Waals surface area contributed by atoms with Gasteiger partial charge in [0.05, 0.1) is 31.9 Å². The lowest BCUT2D eigenvalue weighted by Gasteiger charge is -2.26. The van der Waals surface area contributed by atoms with Crippen LogP contribution in [0.1, 0.15) is 0 Å². The molecule has 0 aromatic heterocycles. The van der Waals surface area contributed by atoms with Gasteiger partial charge in [0.25, 0.3) is 5.69 Å². The van der Waals surface area contributed by atoms with Crippen LogP contribution >= 0.6 is 0 Å². The van der Waals surface area contributed by atoms with Crippen molar-refractivity contribution < 1.29 is 23.6 Å². The van der Waals surface area contributed by atoms with Crippen LogP contribution in [0.3, 0.4) is 0 Å². The number of benzene rings is 2. The minimum absolute atomic E-state index is 0.0193. The highest BCUT2D eigenvalue weighted by molar-refractivity contribution is 7.90. The van der Waals surface area contributed by atoms with Crippen molar-refractivity contribution in [2.75, 3.05) is 37.5 Å². The summed E-state index contributed by atoms with van der Waals surface area (Å²) in [5, 5.41) is 39.1. The number of rotatable bonds is 10. The van der Waals surface area contributed by atoms with Gasteiger partial charge < -0.3 is 15.1 Å². The van der Waals surface area contributed by atoms with E-state index in [0.717, 1.165) is 23.2 Å². The topological polar surface area (TPSA) is 146 Å². The van der Waals surface area contributed by atoms with Gasteiger partial charge >= 0.3 is 0 Å². The van der Waals surface area contributed by atoms with Crippen LogP contribution in [-0.2, 0) is 9.84 Å². The third kappa shape index (κ3) is 6.42. The molecule has 0 aliphatic heterocycles. The zero-order valence-corrected chi connectivity index (χ0v) is 20.3. The molecule has 0 saturated carbocycles. The van der Waals surface area contributed by atoms with E-state index in [2.05, 4.69) is 29.9 Å². The average Bonchev–Trinajstić information content (AvgIpc) is 2.70. The second-order valence-electron chi connectivity index (χ2n) is 8.27. The first kappa shape index (κ1) is 25.6. The summed E-state index contributed by atoms with van der Waals surface area (Å²) in [5.74, 6) is 0. The molecule has 2 aromatic rings. The van der Waals surface area contributed by atoms with Gasteiger partial charge in [0.2, 0.25) is 0 Å². The second kappa shape index (κ2) is 10.3. The van der Waals surface area contributed by atoms with Crippen molar-refractivity contribution in [3.05, 3.63) is 46.5 Å². The number of non-ortho nitro benzene ring substituents is 1. The second-order valence-corrected chi connectivity index (χ2v) is 15.3. The SMILES string of the molecule is C[Si](C)(C)c1cc(N(CCO)CCO)ccc1N=Nc1ccc([N+](=O)[O-])cc1S(C)(=O)=O. The first-order valence-electron chi connectivity index (χ1n) is 9.90. The van der Waals surface area contributed by atoms with E-state index in [0.29, 0.717) is 18.8 Å². The van der Waals surface area contributed by atoms with Gasteiger partial charge in [0, 0.05) is 37.2 Å². The molecule has 0 aliphatic carbocycles. The predicted molar refractivity (Wildman–Crippen MR) is 126 cm³/mol. The number of hydrogen-bond donors (Lipinski definition) is 2. The summed E-state index contributed by atoms with van der Waals surface area (Å²) in [5.41, 5.74) is 1.07. The van der Waals surface area contributed by atoms with E-state index in [-0.39, 0.29) is 29.5 Å². The van der Waals surface area contributed by atoms with Crippen molar-refractivity contribution in [2.24, 2.45) is 10.2 Å². The number of aliphatic hydroxyl groups is 2. The van der Waals surface area contributed by atoms with Crippen molar-refractivity contribution in [3.63, 3.8) is 0 Å². The van der Waals surface area contributed by atoms with E-state index < -0.39 is 22.8 Å². The van der Waals surface area contributed by atoms with Gasteiger partial charge in [0.1, 0.15) is 10.6 Å². The van der Waals surface area contributed by atoms with Gasteiger partial charge in [-0.25, -0.2) is 8.42 Å². The molecule has 0 fully saturated rings. The van der Waals surface area contributed by atoms with Gasteiger partial charge in [-0.15, -0.1) is 5.11 Å². The molecule has 2 N–H and O–H groups in total. The minimum atomic E-state index is -3.77. The molecule has 12 heteroatoms. The summed E-state index contributed by atoms with van der Waals surface area (Å²) in [4.78, 5) is 12.0. The van der Waals surface area contributed by atoms with E-state index in [1.54, 1.807) is 12.1 Å². The Morgan fingerprint density at radius 2 is 1.56 bits per heavy atom. The molecule has 32 heavy (non-hydrogen) atoms. The Kier molecular flexibility index (Phi) is 8.23. The molecule has 0 atom stereocenters. The standard InChI is InChI=1S/C20H28N4O6SSi/c1-31(29,30)19-13-16(24(27)28)6-7-17(19)21-22-18-8-5-15(14-20(18)32(2,3)4)23(9-11-25)10-12-26/h5-8,13-14,25-26H,9-12H2,1-4H3. The Bertz CT molecular complexity index is 1110. The third-order valence-corrected chi connectivity index (χ3v) is 7.85. The lowest BCUT2D eigenvalue weighted by Crippen LogP contribution is -2.39. The van der Waals surface area contributed by atoms with Crippen molar-refractivity contribution in [2.45, 2.75) is 24.5 Å². The number of hydrogen-bond acceptors (Lipinski definition) is 9. The monoisotopic (exact) mass is 480 g/mol. The zero-order chi connectivity index (χ0) is 24.1. The van der Waals surface area contributed by atoms with Gasteiger partial charge in [0.15, 0.2) is 9.84 Å². The Labute approximate surface area is 188 Å². The van der Waals surface area contributed by atoms with Crippen molar-refractivity contribution in [3.8, 4) is 0 Å². The molecule has 0 bridgehead atoms. The van der Waals surface area contributed by atoms with Crippen LogP contribution in [0.5, 0.6) is 0 Å². The van der Waals surface area contributed by atoms with E-state index in [1.807, 2.05) is 11.0 Å². The molecule has 2 aromatic carbocycles. The summed E-state index contributed by atoms with van der Waals surface area (Å²) in [6.07, 6.45) is 0.963. The number of nitro benzene ring substituents is 1. The summed E-state index contributed by atoms with van der Waals surface area (Å²) >= 11 is 0. The quantitative estimate of drug-likeness (QED) is 0.230. The molecule has 174 valence electrons. The molecular weight excluding hydrogens is 452 g/mol. The average molecular weight is 481 g/mol. The number of nitrogens with zero attached hydrogens (tertiary/aromatic N) is 4. The number of sulfone groups is 1. The van der Waals surface area contributed by atoms with Gasteiger partial charge in [-0.3, -0.25) is 10.1 Å². The molecule has 0 aliphatic rings. The van der Waals surface area contributed by atoms with Crippen LogP contribution in [0.4, 0.5) is 22.7 Å². The fourth-order valence-electron chi connectivity index (χ4n) is 3.12. The molecule has 10 nitrogen and oxygen atoms in total. The molecule has 0 saturated heterocycles. The highest BCUT2D eigenvalue weighted by Crippen LogP contribution is 2.31. The Morgan fingerprint density at radius 3 is 2.06 bits per heavy atom. The molecular formula is C20H28N4O6SSi. The smallest absolute Gasteiger partial charge is 0.270 e. The lowest BCUT2D eigenvalue weighted by atomic mass is 10.2. The van der Waals surface area contributed by atoms with E-state index in [9.17, 15) is 28.7 Å². The van der Waals surface area contributed by atoms with Crippen molar-refractivity contribution >= 4 is 45.8 Å². The van der Waals surface area contributed by atoms with Crippen molar-refractivity contribution in [1.82, 2.24) is 0 Å². The van der Waals surface area contributed by atoms with Gasteiger partial charge in [-0.05, 0) is 29.5 Å². The highest BCUT2D eigenvalue weighted by Gasteiger charge is 2.23. The molecule has 2 rings (SSSR count). The first-order chi connectivity index (χ1) is 14.9. The maximum Gasteiger partial charge on any atom is 0.270 e. The van der Waals surface area contributed by atoms with Crippen LogP contribution in [0, 0.1) is 10.1 Å². The fourth-order valence-corrected chi connectivity index (χ4v) is 5.43. The highest BCUT2D eigenvalue weighted by atomic mass is 32.2. The number of nitro groups is 1. The summed E-state index contributed by atoms with van der Waals surface area (Å²) in [6, 6.07) is 8.96. The maximum atomic E-state index is 12.1. The van der Waals surface area contributed by atoms with Gasteiger partial charge in [-0.2, -0.15) is 5.11 Å². The Hall–Kier alpha value is -2.67. The fraction of sp³-hybridized carbons (Fsp3) is 0.400. The van der Waals surface area contributed by atoms with E-state index in [4.69, 9.17) is 0 Å². The van der Waals surface area contributed by atoms with Gasteiger partial charge in [-0.1, -0.05) is 19.6 Å². The van der Waals surface area contributed by atoms with Crippen LogP contribution in [0.2, 0.25) is 19.6 Å². The first-order valence-corrected chi connectivity index (χ1v) is 15.3. The van der Waals surface area contributed by atoms with Crippen LogP contribution < -0.4 is 10.1 Å². The zero-order valence-electron chi connectivity index (χ0n) is 18.5. The van der Waals surface area contributed by atoms with E-state index in [1.165, 1.54) is 12.1 Å². The van der Waals surface area contributed by atoms with Crippen LogP contribution in [0.15, 0.2) is 51.5 Å². The summed E-state index contributed by atoms with van der Waals surface area (Å²) in [7, 11) is -5.69. The van der Waals surface area contributed by atoms with E-state index >= 15 is 0 Å². The molecule has 0 amide bonds. The van der Waals surface area contributed by atoms with Crippen molar-refractivity contribution in [1.29, 1.82) is 0 Å². The Morgan fingerprint density at radius 1 is 1.00 bits per heavy atom. The number of aliphatic hydroxyl groups excluding tert-OH is 2. The molecule has 0 radical (unpaired) electrons. The predicted octanol–water partition coefficient (Wildman–Crippen LogP) is 2.75.